The van der Waals surface area contributed by atoms with E-state index >= 15 is 0 Å². The van der Waals surface area contributed by atoms with Crippen LogP contribution in [0.3, 0.4) is 0 Å². The van der Waals surface area contributed by atoms with Gasteiger partial charge in [0, 0.05) is 26.1 Å². The van der Waals surface area contributed by atoms with Gasteiger partial charge in [0.25, 0.3) is 0 Å². The fraction of sp³-hybridized carbons (Fsp3) is 0.929. The first-order valence-corrected chi connectivity index (χ1v) is 7.22. The zero-order valence-electron chi connectivity index (χ0n) is 12.0. The van der Waals surface area contributed by atoms with Gasteiger partial charge in [-0.1, -0.05) is 19.3 Å². The molecule has 0 radical (unpaired) electrons. The number of hydrogen-bond acceptors (Lipinski definition) is 2. The molecule has 2 saturated carbocycles. The maximum Gasteiger partial charge on any atom is 0.191 e. The van der Waals surface area contributed by atoms with Gasteiger partial charge in [0.15, 0.2) is 5.96 Å². The van der Waals surface area contributed by atoms with Crippen LogP contribution in [0.2, 0.25) is 0 Å². The SMILES string of the molecule is CCOC1CC(N=C(N)N(C)C)C12CCCCC2. The fourth-order valence-corrected chi connectivity index (χ4v) is 3.48. The minimum atomic E-state index is 0.287. The molecule has 0 saturated heterocycles. The van der Waals surface area contributed by atoms with E-state index in [4.69, 9.17) is 15.5 Å². The van der Waals surface area contributed by atoms with Crippen molar-refractivity contribution in [3.05, 3.63) is 0 Å². The molecule has 2 unspecified atom stereocenters. The lowest BCUT2D eigenvalue weighted by Gasteiger charge is -2.56. The lowest BCUT2D eigenvalue weighted by Crippen LogP contribution is -2.59. The van der Waals surface area contributed by atoms with Crippen molar-refractivity contribution >= 4 is 5.96 Å². The third kappa shape index (κ3) is 2.35. The molecule has 2 rings (SSSR count). The Balaban J connectivity index is 2.10. The van der Waals surface area contributed by atoms with Crippen molar-refractivity contribution in [3.8, 4) is 0 Å². The van der Waals surface area contributed by atoms with E-state index in [-0.39, 0.29) is 5.41 Å². The van der Waals surface area contributed by atoms with E-state index in [9.17, 15) is 0 Å². The second kappa shape index (κ2) is 5.47. The van der Waals surface area contributed by atoms with Crippen molar-refractivity contribution in [1.82, 2.24) is 4.90 Å². The number of nitrogens with zero attached hydrogens (tertiary/aromatic N) is 2. The highest BCUT2D eigenvalue weighted by Gasteiger charge is 2.55. The van der Waals surface area contributed by atoms with Gasteiger partial charge >= 0.3 is 0 Å². The average molecular weight is 253 g/mol. The van der Waals surface area contributed by atoms with Gasteiger partial charge in [-0.3, -0.25) is 0 Å². The molecule has 0 heterocycles. The predicted molar refractivity (Wildman–Crippen MR) is 74.6 cm³/mol. The maximum absolute atomic E-state index is 5.97. The molecule has 0 aromatic heterocycles. The first-order chi connectivity index (χ1) is 8.60. The van der Waals surface area contributed by atoms with Crippen LogP contribution in [0, 0.1) is 5.41 Å². The summed E-state index contributed by atoms with van der Waals surface area (Å²) in [6, 6.07) is 0.372. The highest BCUT2D eigenvalue weighted by molar-refractivity contribution is 5.77. The molecule has 2 N–H and O–H groups in total. The molecule has 2 fully saturated rings. The Labute approximate surface area is 111 Å². The monoisotopic (exact) mass is 253 g/mol. The molecule has 4 nitrogen and oxygen atoms in total. The van der Waals surface area contributed by atoms with Gasteiger partial charge in [-0.2, -0.15) is 0 Å². The predicted octanol–water partition coefficient (Wildman–Crippen LogP) is 1.99. The summed E-state index contributed by atoms with van der Waals surface area (Å²) < 4.78 is 5.92. The summed E-state index contributed by atoms with van der Waals surface area (Å²) in [7, 11) is 3.90. The van der Waals surface area contributed by atoms with E-state index in [0.29, 0.717) is 18.1 Å². The Bertz CT molecular complexity index is 308. The first-order valence-electron chi connectivity index (χ1n) is 7.22. The second-order valence-electron chi connectivity index (χ2n) is 5.87. The van der Waals surface area contributed by atoms with Crippen molar-refractivity contribution in [2.24, 2.45) is 16.1 Å². The summed E-state index contributed by atoms with van der Waals surface area (Å²) in [5, 5.41) is 0. The van der Waals surface area contributed by atoms with E-state index in [1.807, 2.05) is 19.0 Å². The lowest BCUT2D eigenvalue weighted by molar-refractivity contribution is -0.139. The molecule has 1 spiro atoms. The molecular formula is C14H27N3O. The van der Waals surface area contributed by atoms with E-state index in [1.54, 1.807) is 0 Å². The molecule has 0 amide bonds. The highest BCUT2D eigenvalue weighted by Crippen LogP contribution is 2.54. The minimum absolute atomic E-state index is 0.287. The van der Waals surface area contributed by atoms with Gasteiger partial charge in [0.2, 0.25) is 0 Å². The van der Waals surface area contributed by atoms with Gasteiger partial charge in [0.05, 0.1) is 12.1 Å². The molecule has 0 aliphatic heterocycles. The summed E-state index contributed by atoms with van der Waals surface area (Å²) >= 11 is 0. The van der Waals surface area contributed by atoms with Crippen LogP contribution in [0.15, 0.2) is 4.99 Å². The number of ether oxygens (including phenoxy) is 1. The summed E-state index contributed by atoms with van der Waals surface area (Å²) in [4.78, 5) is 6.62. The van der Waals surface area contributed by atoms with Crippen LogP contribution < -0.4 is 5.73 Å². The molecule has 2 atom stereocenters. The third-order valence-corrected chi connectivity index (χ3v) is 4.64. The van der Waals surface area contributed by atoms with Crippen molar-refractivity contribution in [3.63, 3.8) is 0 Å². The summed E-state index contributed by atoms with van der Waals surface area (Å²) in [5.41, 5.74) is 6.26. The minimum Gasteiger partial charge on any atom is -0.378 e. The standard InChI is InChI=1S/C14H27N3O/c1-4-18-12-10-11(16-13(15)17(2)3)14(12)8-6-5-7-9-14/h11-12H,4-10H2,1-3H3,(H2,15,16). The second-order valence-corrected chi connectivity index (χ2v) is 5.87. The number of guanidine groups is 1. The van der Waals surface area contributed by atoms with Gasteiger partial charge in [-0.05, 0) is 26.2 Å². The van der Waals surface area contributed by atoms with Crippen LogP contribution in [-0.4, -0.2) is 43.7 Å². The molecule has 0 bridgehead atoms. The first kappa shape index (κ1) is 13.7. The fourth-order valence-electron chi connectivity index (χ4n) is 3.48. The largest absolute Gasteiger partial charge is 0.378 e. The molecule has 2 aliphatic carbocycles. The highest BCUT2D eigenvalue weighted by atomic mass is 16.5. The normalized spacial score (nSPS) is 31.2. The number of nitrogens with two attached hydrogens (primary N) is 1. The Morgan fingerprint density at radius 2 is 2.00 bits per heavy atom. The quantitative estimate of drug-likeness (QED) is 0.618. The summed E-state index contributed by atoms with van der Waals surface area (Å²) in [6.45, 7) is 2.90. The Morgan fingerprint density at radius 1 is 1.33 bits per heavy atom. The molecule has 0 aromatic rings. The molecule has 18 heavy (non-hydrogen) atoms. The van der Waals surface area contributed by atoms with Crippen molar-refractivity contribution in [2.75, 3.05) is 20.7 Å². The Hall–Kier alpha value is -0.770. The number of hydrogen-bond donors (Lipinski definition) is 1. The summed E-state index contributed by atoms with van der Waals surface area (Å²) in [5.74, 6) is 0.653. The average Bonchev–Trinajstić information content (AvgIpc) is 2.38. The van der Waals surface area contributed by atoms with Crippen molar-refractivity contribution in [2.45, 2.75) is 57.6 Å². The van der Waals surface area contributed by atoms with Gasteiger partial charge < -0.3 is 15.4 Å². The zero-order valence-corrected chi connectivity index (χ0v) is 12.0. The van der Waals surface area contributed by atoms with Crippen molar-refractivity contribution in [1.29, 1.82) is 0 Å². The molecule has 4 heteroatoms. The topological polar surface area (TPSA) is 50.9 Å². The van der Waals surface area contributed by atoms with Crippen LogP contribution in [0.25, 0.3) is 0 Å². The van der Waals surface area contributed by atoms with E-state index in [0.717, 1.165) is 13.0 Å². The van der Waals surface area contributed by atoms with Crippen LogP contribution >= 0.6 is 0 Å². The van der Waals surface area contributed by atoms with E-state index in [1.165, 1.54) is 32.1 Å². The van der Waals surface area contributed by atoms with Crippen LogP contribution in [0.4, 0.5) is 0 Å². The van der Waals surface area contributed by atoms with Gasteiger partial charge in [-0.25, -0.2) is 4.99 Å². The van der Waals surface area contributed by atoms with Crippen LogP contribution in [0.5, 0.6) is 0 Å². The molecular weight excluding hydrogens is 226 g/mol. The van der Waals surface area contributed by atoms with Crippen LogP contribution in [0.1, 0.15) is 45.4 Å². The van der Waals surface area contributed by atoms with Gasteiger partial charge in [0.1, 0.15) is 0 Å². The Morgan fingerprint density at radius 3 is 2.56 bits per heavy atom. The zero-order chi connectivity index (χ0) is 13.2. The Kier molecular flexibility index (Phi) is 4.15. The van der Waals surface area contributed by atoms with Crippen LogP contribution in [-0.2, 0) is 4.74 Å². The molecule has 104 valence electrons. The smallest absolute Gasteiger partial charge is 0.191 e. The third-order valence-electron chi connectivity index (χ3n) is 4.64. The number of aliphatic imine (C=N–C) groups is 1. The van der Waals surface area contributed by atoms with Crippen molar-refractivity contribution < 1.29 is 4.74 Å². The molecule has 2 aliphatic rings. The van der Waals surface area contributed by atoms with Gasteiger partial charge in [-0.15, -0.1) is 0 Å². The van der Waals surface area contributed by atoms with E-state index < -0.39 is 0 Å². The molecule has 0 aromatic carbocycles. The lowest BCUT2D eigenvalue weighted by atomic mass is 9.55. The number of rotatable bonds is 3. The summed E-state index contributed by atoms with van der Waals surface area (Å²) in [6.07, 6.45) is 7.96. The maximum atomic E-state index is 5.97. The van der Waals surface area contributed by atoms with E-state index in [2.05, 4.69) is 6.92 Å².